The van der Waals surface area contributed by atoms with Crippen LogP contribution in [0.4, 0.5) is 13.2 Å². The van der Waals surface area contributed by atoms with E-state index in [1.807, 2.05) is 0 Å². The quantitative estimate of drug-likeness (QED) is 0.932. The Morgan fingerprint density at radius 2 is 1.85 bits per heavy atom. The molecule has 20 heavy (non-hydrogen) atoms. The van der Waals surface area contributed by atoms with Gasteiger partial charge in [-0.3, -0.25) is 0 Å². The van der Waals surface area contributed by atoms with Gasteiger partial charge in [-0.1, -0.05) is 23.7 Å². The molecule has 0 unspecified atom stereocenters. The summed E-state index contributed by atoms with van der Waals surface area (Å²) >= 11 is 5.94. The Morgan fingerprint density at radius 1 is 1.15 bits per heavy atom. The molecule has 0 amide bonds. The van der Waals surface area contributed by atoms with Crippen molar-refractivity contribution in [2.24, 2.45) is 5.73 Å². The summed E-state index contributed by atoms with van der Waals surface area (Å²) in [7, 11) is 0. The number of pyridine rings is 1. The van der Waals surface area contributed by atoms with Gasteiger partial charge in [0, 0.05) is 23.2 Å². The van der Waals surface area contributed by atoms with Gasteiger partial charge in [0.25, 0.3) is 0 Å². The number of benzene rings is 1. The molecule has 0 saturated carbocycles. The molecule has 1 heterocycles. The molecule has 2 aromatic rings. The van der Waals surface area contributed by atoms with Crippen molar-refractivity contribution < 1.29 is 17.9 Å². The van der Waals surface area contributed by atoms with E-state index in [1.54, 1.807) is 18.2 Å². The molecular weight excluding hydrogens is 293 g/mol. The number of ether oxygens (including phenoxy) is 1. The van der Waals surface area contributed by atoms with Crippen molar-refractivity contribution in [3.8, 4) is 11.6 Å². The van der Waals surface area contributed by atoms with Crippen LogP contribution in [0.15, 0.2) is 36.4 Å². The minimum atomic E-state index is -4.52. The van der Waals surface area contributed by atoms with Gasteiger partial charge >= 0.3 is 6.18 Å². The van der Waals surface area contributed by atoms with E-state index < -0.39 is 11.9 Å². The number of nitrogens with zero attached hydrogens (tertiary/aromatic N) is 1. The first kappa shape index (κ1) is 14.6. The summed E-state index contributed by atoms with van der Waals surface area (Å²) in [5.41, 5.74) is 5.03. The van der Waals surface area contributed by atoms with Gasteiger partial charge in [0.05, 0.1) is 0 Å². The average Bonchev–Trinajstić information content (AvgIpc) is 2.38. The van der Waals surface area contributed by atoms with Crippen molar-refractivity contribution in [3.05, 3.63) is 52.7 Å². The Bertz CT molecular complexity index is 617. The van der Waals surface area contributed by atoms with Crippen molar-refractivity contribution in [1.29, 1.82) is 0 Å². The summed E-state index contributed by atoms with van der Waals surface area (Å²) in [5.74, 6) is 0.114. The minimum Gasteiger partial charge on any atom is -0.439 e. The lowest BCUT2D eigenvalue weighted by molar-refractivity contribution is -0.141. The van der Waals surface area contributed by atoms with Crippen LogP contribution < -0.4 is 10.5 Å². The van der Waals surface area contributed by atoms with Crippen molar-refractivity contribution >= 4 is 11.6 Å². The first-order valence-electron chi connectivity index (χ1n) is 5.61. The lowest BCUT2D eigenvalue weighted by atomic mass is 10.2. The number of nitrogens with two attached hydrogens (primary N) is 1. The normalized spacial score (nSPS) is 11.4. The van der Waals surface area contributed by atoms with Crippen LogP contribution in [0.25, 0.3) is 0 Å². The van der Waals surface area contributed by atoms with Crippen molar-refractivity contribution in [3.63, 3.8) is 0 Å². The first-order chi connectivity index (χ1) is 9.41. The molecule has 0 saturated heterocycles. The van der Waals surface area contributed by atoms with Crippen molar-refractivity contribution in [2.45, 2.75) is 12.7 Å². The molecular formula is C13H10ClF3N2O. The van der Waals surface area contributed by atoms with Crippen LogP contribution in [0, 0.1) is 0 Å². The Labute approximate surface area is 118 Å². The van der Waals surface area contributed by atoms with Gasteiger partial charge in [0.15, 0.2) is 0 Å². The van der Waals surface area contributed by atoms with Gasteiger partial charge in [-0.05, 0) is 18.2 Å². The number of halogens is 4. The van der Waals surface area contributed by atoms with Crippen LogP contribution >= 0.6 is 11.6 Å². The second-order valence-electron chi connectivity index (χ2n) is 3.88. The SMILES string of the molecule is NCc1c(Cl)cccc1Oc1cccc(C(F)(F)F)n1. The van der Waals surface area contributed by atoms with Gasteiger partial charge < -0.3 is 10.5 Å². The topological polar surface area (TPSA) is 48.1 Å². The Kier molecular flexibility index (Phi) is 4.15. The zero-order chi connectivity index (χ0) is 14.8. The summed E-state index contributed by atoms with van der Waals surface area (Å²) in [5, 5.41) is 0.386. The van der Waals surface area contributed by atoms with Crippen LogP contribution in [-0.2, 0) is 12.7 Å². The molecule has 0 spiro atoms. The third kappa shape index (κ3) is 3.20. The summed E-state index contributed by atoms with van der Waals surface area (Å²) in [6.45, 7) is 0.105. The van der Waals surface area contributed by atoms with Crippen LogP contribution in [0.5, 0.6) is 11.6 Å². The van der Waals surface area contributed by atoms with Crippen LogP contribution in [-0.4, -0.2) is 4.98 Å². The standard InChI is InChI=1S/C13H10ClF3N2O/c14-9-3-1-4-10(8(9)7-18)20-12-6-2-5-11(19-12)13(15,16)17/h1-6H,7,18H2. The largest absolute Gasteiger partial charge is 0.439 e. The van der Waals surface area contributed by atoms with Gasteiger partial charge in [-0.15, -0.1) is 0 Å². The molecule has 3 nitrogen and oxygen atoms in total. The van der Waals surface area contributed by atoms with Gasteiger partial charge in [0.1, 0.15) is 11.4 Å². The zero-order valence-electron chi connectivity index (χ0n) is 10.1. The van der Waals surface area contributed by atoms with E-state index in [-0.39, 0.29) is 18.2 Å². The second kappa shape index (κ2) is 5.68. The molecule has 0 aliphatic heterocycles. The molecule has 0 aliphatic carbocycles. The number of hydrogen-bond donors (Lipinski definition) is 1. The fourth-order valence-electron chi connectivity index (χ4n) is 1.57. The third-order valence-corrected chi connectivity index (χ3v) is 2.86. The molecule has 1 aromatic carbocycles. The second-order valence-corrected chi connectivity index (χ2v) is 4.29. The van der Waals surface area contributed by atoms with Crippen molar-refractivity contribution in [1.82, 2.24) is 4.98 Å². The number of alkyl halides is 3. The molecule has 2 N–H and O–H groups in total. The lowest BCUT2D eigenvalue weighted by Gasteiger charge is -2.12. The average molecular weight is 303 g/mol. The van der Waals surface area contributed by atoms with E-state index in [4.69, 9.17) is 22.1 Å². The van der Waals surface area contributed by atoms with E-state index in [0.29, 0.717) is 10.6 Å². The smallest absolute Gasteiger partial charge is 0.433 e. The molecule has 7 heteroatoms. The summed E-state index contributed by atoms with van der Waals surface area (Å²) in [6, 6.07) is 8.22. The predicted molar refractivity (Wildman–Crippen MR) is 68.7 cm³/mol. The molecule has 2 rings (SSSR count). The highest BCUT2D eigenvalue weighted by Gasteiger charge is 2.32. The Morgan fingerprint density at radius 3 is 2.50 bits per heavy atom. The maximum Gasteiger partial charge on any atom is 0.433 e. The van der Waals surface area contributed by atoms with E-state index in [1.165, 1.54) is 12.1 Å². The first-order valence-corrected chi connectivity index (χ1v) is 5.99. The summed E-state index contributed by atoms with van der Waals surface area (Å²) in [6.07, 6.45) is -4.52. The molecule has 0 bridgehead atoms. The fourth-order valence-corrected chi connectivity index (χ4v) is 1.82. The van der Waals surface area contributed by atoms with E-state index in [9.17, 15) is 13.2 Å². The van der Waals surface area contributed by atoms with Gasteiger partial charge in [-0.25, -0.2) is 4.98 Å². The highest BCUT2D eigenvalue weighted by Crippen LogP contribution is 2.32. The van der Waals surface area contributed by atoms with Gasteiger partial charge in [-0.2, -0.15) is 13.2 Å². The molecule has 0 fully saturated rings. The molecule has 0 atom stereocenters. The van der Waals surface area contributed by atoms with E-state index in [2.05, 4.69) is 4.98 Å². The Balaban J connectivity index is 2.34. The highest BCUT2D eigenvalue weighted by molar-refractivity contribution is 6.31. The number of aromatic nitrogens is 1. The number of hydrogen-bond acceptors (Lipinski definition) is 3. The molecule has 106 valence electrons. The Hall–Kier alpha value is -1.79. The minimum absolute atomic E-state index is 0.105. The molecule has 1 aromatic heterocycles. The fraction of sp³-hybridized carbons (Fsp3) is 0.154. The molecule has 0 radical (unpaired) electrons. The molecule has 0 aliphatic rings. The summed E-state index contributed by atoms with van der Waals surface area (Å²) < 4.78 is 43.0. The van der Waals surface area contributed by atoms with Crippen LogP contribution in [0.1, 0.15) is 11.3 Å². The zero-order valence-corrected chi connectivity index (χ0v) is 10.9. The highest BCUT2D eigenvalue weighted by atomic mass is 35.5. The van der Waals surface area contributed by atoms with Gasteiger partial charge in [0.2, 0.25) is 5.88 Å². The van der Waals surface area contributed by atoms with Crippen LogP contribution in [0.2, 0.25) is 5.02 Å². The van der Waals surface area contributed by atoms with Crippen molar-refractivity contribution in [2.75, 3.05) is 0 Å². The van der Waals surface area contributed by atoms with E-state index in [0.717, 1.165) is 6.07 Å². The number of rotatable bonds is 3. The third-order valence-electron chi connectivity index (χ3n) is 2.51. The van der Waals surface area contributed by atoms with E-state index >= 15 is 0 Å². The predicted octanol–water partition coefficient (Wildman–Crippen LogP) is 4.00. The van der Waals surface area contributed by atoms with Crippen LogP contribution in [0.3, 0.4) is 0 Å². The maximum absolute atomic E-state index is 12.6. The summed E-state index contributed by atoms with van der Waals surface area (Å²) in [4.78, 5) is 3.41. The lowest BCUT2D eigenvalue weighted by Crippen LogP contribution is -2.08. The monoisotopic (exact) mass is 302 g/mol. The maximum atomic E-state index is 12.6.